The highest BCUT2D eigenvalue weighted by molar-refractivity contribution is 6.35. The molecule has 4 aromatic heterocycles. The number of aromatic nitrogens is 5. The van der Waals surface area contributed by atoms with E-state index in [-0.39, 0.29) is 0 Å². The van der Waals surface area contributed by atoms with Crippen LogP contribution in [0.5, 0.6) is 0 Å². The first kappa shape index (κ1) is 19.3. The molecule has 0 N–H and O–H groups in total. The van der Waals surface area contributed by atoms with Crippen molar-refractivity contribution in [2.45, 2.75) is 0 Å². The topological polar surface area (TPSA) is 48.5 Å². The molecule has 36 heavy (non-hydrogen) atoms. The predicted molar refractivity (Wildman–Crippen MR) is 146 cm³/mol. The van der Waals surface area contributed by atoms with Crippen molar-refractivity contribution in [3.05, 3.63) is 116 Å². The Morgan fingerprint density at radius 3 is 1.81 bits per heavy atom. The third-order valence-corrected chi connectivity index (χ3v) is 7.05. The van der Waals surface area contributed by atoms with Gasteiger partial charge in [-0.3, -0.25) is 9.55 Å². The van der Waals surface area contributed by atoms with Crippen LogP contribution in [0.3, 0.4) is 0 Å². The number of hydrogen-bond acceptors (Lipinski definition) is 3. The number of para-hydroxylation sites is 3. The Bertz CT molecular complexity index is 1930. The molecule has 0 aliphatic carbocycles. The molecule has 0 radical (unpaired) electrons. The van der Waals surface area contributed by atoms with E-state index in [9.17, 15) is 0 Å². The molecule has 168 valence electrons. The molecule has 0 unspecified atom stereocenters. The first-order valence-corrected chi connectivity index (χ1v) is 12.0. The highest BCUT2D eigenvalue weighted by Crippen LogP contribution is 2.45. The van der Waals surface area contributed by atoms with Crippen molar-refractivity contribution in [1.29, 1.82) is 0 Å². The second-order valence-corrected chi connectivity index (χ2v) is 8.94. The van der Waals surface area contributed by atoms with Crippen LogP contribution in [0.25, 0.3) is 66.2 Å². The lowest BCUT2D eigenvalue weighted by Crippen LogP contribution is -2.02. The smallest absolute Gasteiger partial charge is 0.234 e. The molecule has 8 rings (SSSR count). The van der Waals surface area contributed by atoms with E-state index in [2.05, 4.69) is 94.1 Å². The summed E-state index contributed by atoms with van der Waals surface area (Å²) < 4.78 is 4.57. The third kappa shape index (κ3) is 2.46. The fourth-order valence-electron chi connectivity index (χ4n) is 5.71. The quantitative estimate of drug-likeness (QED) is 0.273. The lowest BCUT2D eigenvalue weighted by atomic mass is 10.0. The van der Waals surface area contributed by atoms with Crippen molar-refractivity contribution in [2.24, 2.45) is 0 Å². The molecule has 0 aliphatic heterocycles. The summed E-state index contributed by atoms with van der Waals surface area (Å²) in [6, 6.07) is 33.7. The van der Waals surface area contributed by atoms with Crippen molar-refractivity contribution in [3.63, 3.8) is 0 Å². The maximum absolute atomic E-state index is 4.95. The minimum atomic E-state index is 0.651. The monoisotopic (exact) mass is 461 g/mol. The predicted octanol–water partition coefficient (Wildman–Crippen LogP) is 7.22. The van der Waals surface area contributed by atoms with Gasteiger partial charge in [0.2, 0.25) is 5.95 Å². The molecule has 4 aromatic carbocycles. The van der Waals surface area contributed by atoms with Crippen LogP contribution in [-0.2, 0) is 0 Å². The normalized spacial score (nSPS) is 11.9. The summed E-state index contributed by atoms with van der Waals surface area (Å²) in [4.78, 5) is 14.3. The summed E-state index contributed by atoms with van der Waals surface area (Å²) >= 11 is 0. The van der Waals surface area contributed by atoms with Crippen molar-refractivity contribution in [2.75, 3.05) is 0 Å². The maximum atomic E-state index is 4.95. The van der Waals surface area contributed by atoms with Gasteiger partial charge in [-0.05, 0) is 36.4 Å². The Hall–Kier alpha value is -5.03. The highest BCUT2D eigenvalue weighted by atomic mass is 15.2. The lowest BCUT2D eigenvalue weighted by Gasteiger charge is -2.12. The zero-order valence-electron chi connectivity index (χ0n) is 19.2. The van der Waals surface area contributed by atoms with E-state index in [0.29, 0.717) is 5.95 Å². The second-order valence-electron chi connectivity index (χ2n) is 8.94. The Morgan fingerprint density at radius 1 is 0.444 bits per heavy atom. The van der Waals surface area contributed by atoms with Crippen molar-refractivity contribution in [3.8, 4) is 11.6 Å². The Balaban J connectivity index is 1.79. The van der Waals surface area contributed by atoms with Gasteiger partial charge in [-0.25, -0.2) is 9.97 Å². The van der Waals surface area contributed by atoms with Crippen LogP contribution in [0.2, 0.25) is 0 Å². The van der Waals surface area contributed by atoms with Gasteiger partial charge in [0.15, 0.2) is 0 Å². The fraction of sp³-hybridized carbons (Fsp3) is 0. The molecule has 5 heteroatoms. The van der Waals surface area contributed by atoms with Crippen LogP contribution in [0.4, 0.5) is 0 Å². The molecule has 0 saturated heterocycles. The molecule has 0 atom stereocenters. The number of fused-ring (bicyclic) bond motifs is 10. The Morgan fingerprint density at radius 2 is 1.03 bits per heavy atom. The van der Waals surface area contributed by atoms with Gasteiger partial charge in [0.05, 0.1) is 27.6 Å². The van der Waals surface area contributed by atoms with Crippen molar-refractivity contribution >= 4 is 54.5 Å². The van der Waals surface area contributed by atoms with E-state index in [4.69, 9.17) is 15.0 Å². The molecular formula is C31H19N5. The van der Waals surface area contributed by atoms with E-state index in [1.165, 1.54) is 5.39 Å². The second kappa shape index (κ2) is 7.23. The summed E-state index contributed by atoms with van der Waals surface area (Å²) in [5.41, 5.74) is 6.50. The lowest BCUT2D eigenvalue weighted by molar-refractivity contribution is 0.988. The van der Waals surface area contributed by atoms with Crippen molar-refractivity contribution in [1.82, 2.24) is 24.1 Å². The molecule has 0 spiro atoms. The molecule has 0 amide bonds. The largest absolute Gasteiger partial charge is 0.307 e. The van der Waals surface area contributed by atoms with Crippen LogP contribution in [0.15, 0.2) is 116 Å². The van der Waals surface area contributed by atoms with Crippen molar-refractivity contribution < 1.29 is 0 Å². The van der Waals surface area contributed by atoms with Crippen LogP contribution in [0.1, 0.15) is 0 Å². The fourth-order valence-corrected chi connectivity index (χ4v) is 5.71. The number of hydrogen-bond donors (Lipinski definition) is 0. The number of nitrogens with zero attached hydrogens (tertiary/aromatic N) is 5. The number of pyridine rings is 1. The first-order chi connectivity index (χ1) is 17.9. The van der Waals surface area contributed by atoms with Gasteiger partial charge in [-0.15, -0.1) is 0 Å². The number of benzene rings is 4. The molecule has 0 fully saturated rings. The molecule has 0 aliphatic rings. The highest BCUT2D eigenvalue weighted by Gasteiger charge is 2.25. The van der Waals surface area contributed by atoms with Crippen LogP contribution in [0, 0.1) is 0 Å². The zero-order valence-corrected chi connectivity index (χ0v) is 19.2. The van der Waals surface area contributed by atoms with Gasteiger partial charge >= 0.3 is 0 Å². The van der Waals surface area contributed by atoms with Gasteiger partial charge in [0.1, 0.15) is 0 Å². The zero-order chi connectivity index (χ0) is 23.6. The summed E-state index contributed by atoms with van der Waals surface area (Å²) in [6.07, 6.45) is 5.49. The Kier molecular flexibility index (Phi) is 3.88. The van der Waals surface area contributed by atoms with E-state index in [1.54, 1.807) is 12.4 Å². The summed E-state index contributed by atoms with van der Waals surface area (Å²) in [5, 5.41) is 5.76. The average Bonchev–Trinajstić information content (AvgIpc) is 3.48. The van der Waals surface area contributed by atoms with Gasteiger partial charge in [0.25, 0.3) is 0 Å². The van der Waals surface area contributed by atoms with Crippen LogP contribution in [-0.4, -0.2) is 24.1 Å². The minimum absolute atomic E-state index is 0.651. The van der Waals surface area contributed by atoms with E-state index < -0.39 is 0 Å². The SMILES string of the molecule is c1ccc(-n2c3ccccc3c3c4ncccc4c4c5ccccc5n(-c5ncccn5)c4c32)cc1. The molecule has 0 bridgehead atoms. The Labute approximate surface area is 205 Å². The summed E-state index contributed by atoms with van der Waals surface area (Å²) in [6.45, 7) is 0. The van der Waals surface area contributed by atoms with Gasteiger partial charge in [0, 0.05) is 51.2 Å². The maximum Gasteiger partial charge on any atom is 0.234 e. The van der Waals surface area contributed by atoms with E-state index in [0.717, 1.165) is 54.8 Å². The number of rotatable bonds is 2. The molecule has 5 nitrogen and oxygen atoms in total. The summed E-state index contributed by atoms with van der Waals surface area (Å²) in [7, 11) is 0. The van der Waals surface area contributed by atoms with Gasteiger partial charge in [-0.2, -0.15) is 0 Å². The molecule has 4 heterocycles. The van der Waals surface area contributed by atoms with Gasteiger partial charge in [-0.1, -0.05) is 60.7 Å². The first-order valence-electron chi connectivity index (χ1n) is 12.0. The van der Waals surface area contributed by atoms with Crippen LogP contribution < -0.4 is 0 Å². The standard InChI is InChI=1S/C31H19N5/c1-2-10-20(11-3-1)35-24-15-6-5-13-22(24)27-28-23(14-8-17-32-28)26-21-12-4-7-16-25(21)36(29(26)30(27)35)31-33-18-9-19-34-31/h1-19H. The summed E-state index contributed by atoms with van der Waals surface area (Å²) in [5.74, 6) is 0.651. The van der Waals surface area contributed by atoms with Gasteiger partial charge < -0.3 is 4.57 Å². The molecular weight excluding hydrogens is 442 g/mol. The third-order valence-electron chi connectivity index (χ3n) is 7.05. The minimum Gasteiger partial charge on any atom is -0.307 e. The molecule has 8 aromatic rings. The van der Waals surface area contributed by atoms with Crippen LogP contribution >= 0.6 is 0 Å². The molecule has 0 saturated carbocycles. The van der Waals surface area contributed by atoms with E-state index in [1.807, 2.05) is 18.3 Å². The van der Waals surface area contributed by atoms with E-state index >= 15 is 0 Å². The average molecular weight is 462 g/mol.